The first-order valence-electron chi connectivity index (χ1n) is 6.99. The lowest BCUT2D eigenvalue weighted by atomic mass is 10.1. The third-order valence-corrected chi connectivity index (χ3v) is 4.59. The molecule has 0 bridgehead atoms. The van der Waals surface area contributed by atoms with Crippen LogP contribution in [0.1, 0.15) is 30.3 Å². The lowest BCUT2D eigenvalue weighted by Gasteiger charge is -2.27. The molecule has 114 valence electrons. The smallest absolute Gasteiger partial charge is 0.149 e. The van der Waals surface area contributed by atoms with Crippen molar-refractivity contribution in [2.45, 2.75) is 26.4 Å². The predicted octanol–water partition coefficient (Wildman–Crippen LogP) is 4.33. The average Bonchev–Trinajstić information content (AvgIpc) is 2.97. The van der Waals surface area contributed by atoms with E-state index in [1.54, 1.807) is 23.3 Å². The molecule has 0 saturated carbocycles. The van der Waals surface area contributed by atoms with Crippen molar-refractivity contribution in [3.05, 3.63) is 51.7 Å². The molecule has 0 radical (unpaired) electrons. The molecule has 0 saturated heterocycles. The van der Waals surface area contributed by atoms with E-state index in [-0.39, 0.29) is 11.7 Å². The lowest BCUT2D eigenvalue weighted by Crippen LogP contribution is -2.23. The summed E-state index contributed by atoms with van der Waals surface area (Å²) in [5.41, 5.74) is 0.643. The van der Waals surface area contributed by atoms with Gasteiger partial charge in [0.05, 0.1) is 6.04 Å². The molecule has 0 amide bonds. The van der Waals surface area contributed by atoms with Gasteiger partial charge in [0, 0.05) is 18.5 Å². The zero-order valence-electron chi connectivity index (χ0n) is 12.5. The number of halogens is 2. The van der Waals surface area contributed by atoms with E-state index in [2.05, 4.69) is 5.32 Å². The van der Waals surface area contributed by atoms with Crippen LogP contribution in [0.2, 0.25) is 0 Å². The molecule has 1 aromatic heterocycles. The Hall–Kier alpha value is -1.46. The number of hydrogen-bond acceptors (Lipinski definition) is 3. The molecule has 0 aliphatic rings. The van der Waals surface area contributed by atoms with Crippen LogP contribution >= 0.6 is 11.3 Å². The number of anilines is 1. The minimum Gasteiger partial charge on any atom is -0.362 e. The maximum absolute atomic E-state index is 14.3. The first-order valence-corrected chi connectivity index (χ1v) is 7.87. The fourth-order valence-electron chi connectivity index (χ4n) is 2.24. The van der Waals surface area contributed by atoms with Gasteiger partial charge in [-0.05, 0) is 42.6 Å². The van der Waals surface area contributed by atoms with Crippen molar-refractivity contribution in [2.24, 2.45) is 0 Å². The van der Waals surface area contributed by atoms with Gasteiger partial charge in [0.25, 0.3) is 0 Å². The molecule has 0 spiro atoms. The van der Waals surface area contributed by atoms with Crippen molar-refractivity contribution in [1.29, 1.82) is 0 Å². The molecule has 1 N–H and O–H groups in total. The van der Waals surface area contributed by atoms with Crippen LogP contribution in [0.3, 0.4) is 0 Å². The Morgan fingerprint density at radius 1 is 1.29 bits per heavy atom. The van der Waals surface area contributed by atoms with Gasteiger partial charge in [0.2, 0.25) is 0 Å². The first-order chi connectivity index (χ1) is 10.0. The van der Waals surface area contributed by atoms with Crippen LogP contribution in [0.15, 0.2) is 29.6 Å². The summed E-state index contributed by atoms with van der Waals surface area (Å²) >= 11 is 1.58. The fraction of sp³-hybridized carbons (Fsp3) is 0.375. The van der Waals surface area contributed by atoms with Gasteiger partial charge in [-0.15, -0.1) is 11.3 Å². The molecular formula is C16H20F2N2S. The van der Waals surface area contributed by atoms with Gasteiger partial charge in [0.1, 0.15) is 17.3 Å². The molecule has 21 heavy (non-hydrogen) atoms. The van der Waals surface area contributed by atoms with Crippen molar-refractivity contribution in [3.8, 4) is 0 Å². The summed E-state index contributed by atoms with van der Waals surface area (Å²) in [5, 5.41) is 5.03. The molecule has 2 rings (SSSR count). The number of nitrogens with one attached hydrogen (secondary N) is 1. The number of nitrogens with zero attached hydrogens (tertiary/aromatic N) is 1. The van der Waals surface area contributed by atoms with E-state index in [1.165, 1.54) is 12.1 Å². The Morgan fingerprint density at radius 2 is 1.95 bits per heavy atom. The van der Waals surface area contributed by atoms with E-state index in [9.17, 15) is 8.78 Å². The van der Waals surface area contributed by atoms with Gasteiger partial charge >= 0.3 is 0 Å². The third-order valence-electron chi connectivity index (χ3n) is 3.54. The van der Waals surface area contributed by atoms with E-state index in [4.69, 9.17) is 0 Å². The Kier molecular flexibility index (Phi) is 5.31. The Bertz CT molecular complexity index is 561. The van der Waals surface area contributed by atoms with Gasteiger partial charge in [-0.2, -0.15) is 0 Å². The lowest BCUT2D eigenvalue weighted by molar-refractivity contribution is 0.561. The molecule has 1 unspecified atom stereocenters. The van der Waals surface area contributed by atoms with E-state index in [1.807, 2.05) is 31.4 Å². The first kappa shape index (κ1) is 15.9. The summed E-state index contributed by atoms with van der Waals surface area (Å²) in [5.74, 6) is -1.04. The zero-order chi connectivity index (χ0) is 15.4. The average molecular weight is 310 g/mol. The topological polar surface area (TPSA) is 15.3 Å². The van der Waals surface area contributed by atoms with Gasteiger partial charge in [0.15, 0.2) is 0 Å². The standard InChI is InChI=1S/C16H20F2N2S/c1-4-19-10-12-8-13(17)16(14(18)9-12)20(3)11(2)15-6-5-7-21-15/h5-9,11,19H,4,10H2,1-3H3. The molecule has 2 nitrogen and oxygen atoms in total. The monoisotopic (exact) mass is 310 g/mol. The van der Waals surface area contributed by atoms with Crippen molar-refractivity contribution >= 4 is 17.0 Å². The van der Waals surface area contributed by atoms with Gasteiger partial charge in [-0.25, -0.2) is 8.78 Å². The number of rotatable bonds is 6. The Morgan fingerprint density at radius 3 is 2.48 bits per heavy atom. The Labute approximate surface area is 128 Å². The summed E-state index contributed by atoms with van der Waals surface area (Å²) in [4.78, 5) is 2.72. The second-order valence-corrected chi connectivity index (χ2v) is 5.97. The molecule has 0 fully saturated rings. The molecule has 1 heterocycles. The molecule has 5 heteroatoms. The van der Waals surface area contributed by atoms with E-state index < -0.39 is 11.6 Å². The molecule has 0 aliphatic heterocycles. The van der Waals surface area contributed by atoms with Gasteiger partial charge < -0.3 is 10.2 Å². The second-order valence-electron chi connectivity index (χ2n) is 4.99. The minimum atomic E-state index is -0.520. The van der Waals surface area contributed by atoms with Crippen molar-refractivity contribution in [2.75, 3.05) is 18.5 Å². The summed E-state index contributed by atoms with van der Waals surface area (Å²) in [6, 6.07) is 6.64. The number of thiophene rings is 1. The fourth-order valence-corrected chi connectivity index (χ4v) is 3.07. The van der Waals surface area contributed by atoms with Crippen LogP contribution in [-0.4, -0.2) is 13.6 Å². The summed E-state index contributed by atoms with van der Waals surface area (Å²) in [7, 11) is 1.72. The van der Waals surface area contributed by atoms with Crippen LogP contribution in [0, 0.1) is 11.6 Å². The highest BCUT2D eigenvalue weighted by Gasteiger charge is 2.20. The zero-order valence-corrected chi connectivity index (χ0v) is 13.3. The minimum absolute atomic E-state index is 0.0242. The highest BCUT2D eigenvalue weighted by molar-refractivity contribution is 7.10. The van der Waals surface area contributed by atoms with E-state index in [0.717, 1.165) is 11.4 Å². The van der Waals surface area contributed by atoms with E-state index in [0.29, 0.717) is 12.1 Å². The highest BCUT2D eigenvalue weighted by atomic mass is 32.1. The maximum atomic E-state index is 14.3. The predicted molar refractivity (Wildman–Crippen MR) is 84.9 cm³/mol. The number of hydrogen-bond donors (Lipinski definition) is 1. The van der Waals surface area contributed by atoms with Crippen LogP contribution in [-0.2, 0) is 6.54 Å². The molecule has 2 aromatic rings. The largest absolute Gasteiger partial charge is 0.362 e. The maximum Gasteiger partial charge on any atom is 0.149 e. The molecule has 0 aliphatic carbocycles. The summed E-state index contributed by atoms with van der Waals surface area (Å²) < 4.78 is 28.6. The van der Waals surface area contributed by atoms with Crippen molar-refractivity contribution in [1.82, 2.24) is 5.32 Å². The van der Waals surface area contributed by atoms with Crippen LogP contribution in [0.4, 0.5) is 14.5 Å². The van der Waals surface area contributed by atoms with Gasteiger partial charge in [-0.1, -0.05) is 13.0 Å². The second kappa shape index (κ2) is 7.00. The van der Waals surface area contributed by atoms with Gasteiger partial charge in [-0.3, -0.25) is 0 Å². The quantitative estimate of drug-likeness (QED) is 0.854. The van der Waals surface area contributed by atoms with Crippen molar-refractivity contribution < 1.29 is 8.78 Å². The summed E-state index contributed by atoms with van der Waals surface area (Å²) in [6.07, 6.45) is 0. The molecule has 1 atom stereocenters. The SMILES string of the molecule is CCNCc1cc(F)c(N(C)C(C)c2cccs2)c(F)c1. The van der Waals surface area contributed by atoms with E-state index >= 15 is 0 Å². The summed E-state index contributed by atoms with van der Waals surface area (Å²) in [6.45, 7) is 5.13. The van der Waals surface area contributed by atoms with Crippen LogP contribution in [0.5, 0.6) is 0 Å². The molecular weight excluding hydrogens is 290 g/mol. The van der Waals surface area contributed by atoms with Crippen LogP contribution in [0.25, 0.3) is 0 Å². The normalized spacial score (nSPS) is 12.4. The molecule has 1 aromatic carbocycles. The third kappa shape index (κ3) is 3.60. The van der Waals surface area contributed by atoms with Crippen LogP contribution < -0.4 is 10.2 Å². The van der Waals surface area contributed by atoms with Crippen molar-refractivity contribution in [3.63, 3.8) is 0 Å². The highest BCUT2D eigenvalue weighted by Crippen LogP contribution is 2.32. The number of benzene rings is 1. The Balaban J connectivity index is 2.26.